The van der Waals surface area contributed by atoms with Gasteiger partial charge in [-0.25, -0.2) is 0 Å². The van der Waals surface area contributed by atoms with Crippen molar-refractivity contribution < 1.29 is 14.6 Å². The lowest BCUT2D eigenvalue weighted by Crippen LogP contribution is -2.36. The molecule has 0 saturated carbocycles. The maximum atomic E-state index is 12.8. The number of aromatic hydroxyl groups is 1. The first-order valence-electron chi connectivity index (χ1n) is 14.2. The van der Waals surface area contributed by atoms with E-state index in [0.29, 0.717) is 24.2 Å². The Labute approximate surface area is 244 Å². The number of carbonyl (C=O) groups excluding carboxylic acids is 1. The molecular weight excluding hydrogens is 528 g/mol. The van der Waals surface area contributed by atoms with Gasteiger partial charge in [0.05, 0.1) is 30.2 Å². The Balaban J connectivity index is 1.14. The number of aryl methyl sites for hydroxylation is 2. The number of morpholine rings is 1. The molecule has 0 bridgehead atoms. The van der Waals surface area contributed by atoms with E-state index in [-0.39, 0.29) is 11.8 Å². The van der Waals surface area contributed by atoms with E-state index in [1.54, 1.807) is 17.0 Å². The highest BCUT2D eigenvalue weighted by atomic mass is 16.5. The summed E-state index contributed by atoms with van der Waals surface area (Å²) in [6.45, 7) is 7.75. The molecule has 3 heterocycles. The molecule has 0 spiro atoms. The van der Waals surface area contributed by atoms with E-state index in [2.05, 4.69) is 43.5 Å². The lowest BCUT2D eigenvalue weighted by molar-refractivity contribution is 0.101. The molecule has 9 heteroatoms. The van der Waals surface area contributed by atoms with Gasteiger partial charge in [0.15, 0.2) is 5.88 Å². The van der Waals surface area contributed by atoms with Gasteiger partial charge in [-0.05, 0) is 86.0 Å². The summed E-state index contributed by atoms with van der Waals surface area (Å²) in [6, 6.07) is 23.9. The van der Waals surface area contributed by atoms with Crippen molar-refractivity contribution in [3.05, 3.63) is 101 Å². The van der Waals surface area contributed by atoms with Gasteiger partial charge in [-0.3, -0.25) is 14.5 Å². The summed E-state index contributed by atoms with van der Waals surface area (Å²) < 4.78 is 7.15. The Morgan fingerprint density at radius 2 is 1.79 bits per heavy atom. The number of carbonyl (C=O) groups is 1. The van der Waals surface area contributed by atoms with Gasteiger partial charge in [0.2, 0.25) is 0 Å². The van der Waals surface area contributed by atoms with E-state index in [0.717, 1.165) is 71.1 Å². The lowest BCUT2D eigenvalue weighted by Gasteiger charge is -2.28. The second-order valence-corrected chi connectivity index (χ2v) is 10.5. The fourth-order valence-electron chi connectivity index (χ4n) is 5.30. The van der Waals surface area contributed by atoms with Gasteiger partial charge in [-0.2, -0.15) is 5.10 Å². The van der Waals surface area contributed by atoms with Crippen LogP contribution in [-0.2, 0) is 17.7 Å². The van der Waals surface area contributed by atoms with Crippen LogP contribution < -0.4 is 10.2 Å². The van der Waals surface area contributed by atoms with Crippen molar-refractivity contribution in [2.24, 2.45) is 4.99 Å². The number of nitrogens with one attached hydrogen (secondary N) is 2. The number of hydrogen-bond donors (Lipinski definition) is 3. The second-order valence-electron chi connectivity index (χ2n) is 10.5. The van der Waals surface area contributed by atoms with Crippen LogP contribution in [0.1, 0.15) is 39.8 Å². The monoisotopic (exact) mass is 562 g/mol. The van der Waals surface area contributed by atoms with Crippen LogP contribution in [0.2, 0.25) is 0 Å². The third-order valence-electron chi connectivity index (χ3n) is 7.51. The van der Waals surface area contributed by atoms with Crippen molar-refractivity contribution in [2.45, 2.75) is 26.8 Å². The quantitative estimate of drug-likeness (QED) is 0.206. The summed E-state index contributed by atoms with van der Waals surface area (Å²) in [5, 5.41) is 18.8. The van der Waals surface area contributed by atoms with Crippen molar-refractivity contribution in [2.75, 3.05) is 36.5 Å². The molecule has 5 aromatic rings. The van der Waals surface area contributed by atoms with Crippen LogP contribution in [0.3, 0.4) is 0 Å². The maximum absolute atomic E-state index is 12.8. The highest BCUT2D eigenvalue weighted by Crippen LogP contribution is 2.29. The predicted molar refractivity (Wildman–Crippen MR) is 167 cm³/mol. The van der Waals surface area contributed by atoms with Gasteiger partial charge in [-0.15, -0.1) is 0 Å². The third kappa shape index (κ3) is 5.91. The van der Waals surface area contributed by atoms with E-state index in [9.17, 15) is 9.90 Å². The summed E-state index contributed by atoms with van der Waals surface area (Å²) >= 11 is 0. The Morgan fingerprint density at radius 1 is 1.05 bits per heavy atom. The van der Waals surface area contributed by atoms with Crippen LogP contribution in [0.4, 0.5) is 17.1 Å². The molecule has 0 radical (unpaired) electrons. The maximum Gasteiger partial charge on any atom is 0.273 e. The average molecular weight is 563 g/mol. The van der Waals surface area contributed by atoms with Crippen LogP contribution in [0.15, 0.2) is 77.8 Å². The summed E-state index contributed by atoms with van der Waals surface area (Å²) in [7, 11) is 0. The summed E-state index contributed by atoms with van der Waals surface area (Å²) in [5.74, 6) is -0.0827. The van der Waals surface area contributed by atoms with E-state index < -0.39 is 0 Å². The number of amides is 1. The number of nitrogens with zero attached hydrogens (tertiary/aromatic N) is 4. The van der Waals surface area contributed by atoms with Crippen LogP contribution in [-0.4, -0.2) is 58.3 Å². The van der Waals surface area contributed by atoms with Crippen molar-refractivity contribution in [1.82, 2.24) is 14.8 Å². The van der Waals surface area contributed by atoms with E-state index in [1.165, 1.54) is 0 Å². The predicted octanol–water partition coefficient (Wildman–Crippen LogP) is 5.83. The van der Waals surface area contributed by atoms with Crippen LogP contribution in [0.5, 0.6) is 5.88 Å². The number of aromatic amines is 1. The first-order chi connectivity index (χ1) is 20.5. The molecule has 2 aromatic heterocycles. The van der Waals surface area contributed by atoms with Crippen molar-refractivity contribution in [3.8, 4) is 5.88 Å². The van der Waals surface area contributed by atoms with Crippen LogP contribution in [0.25, 0.3) is 10.9 Å². The molecule has 9 nitrogen and oxygen atoms in total. The fourth-order valence-corrected chi connectivity index (χ4v) is 5.30. The minimum atomic E-state index is -0.176. The fraction of sp³-hybridized carbons (Fsp3) is 0.242. The number of fused-ring (bicyclic) bond motifs is 1. The molecule has 1 amide bonds. The van der Waals surface area contributed by atoms with Crippen molar-refractivity contribution >= 4 is 40.1 Å². The lowest BCUT2D eigenvalue weighted by atomic mass is 10.0. The molecule has 1 saturated heterocycles. The van der Waals surface area contributed by atoms with Gasteiger partial charge < -0.3 is 25.0 Å². The van der Waals surface area contributed by atoms with Gasteiger partial charge in [0.1, 0.15) is 5.69 Å². The van der Waals surface area contributed by atoms with Gasteiger partial charge in [0, 0.05) is 48.1 Å². The SMILES string of the molecule is CCn1nc(C)cc1C(=O)Nc1ccc(Cc2ccc3[nH]c(O)c(C=Nc4ccc(N5CCOCC5)cc4)c3c2)cc1. The molecule has 1 aliphatic rings. The zero-order chi connectivity index (χ0) is 29.1. The largest absolute Gasteiger partial charge is 0.494 e. The molecule has 214 valence electrons. The summed E-state index contributed by atoms with van der Waals surface area (Å²) in [6.07, 6.45) is 2.42. The highest BCUT2D eigenvalue weighted by Gasteiger charge is 2.14. The number of ether oxygens (including phenoxy) is 1. The molecule has 42 heavy (non-hydrogen) atoms. The van der Waals surface area contributed by atoms with Crippen LogP contribution >= 0.6 is 0 Å². The molecule has 6 rings (SSSR count). The number of H-pyrrole nitrogens is 1. The molecule has 0 unspecified atom stereocenters. The van der Waals surface area contributed by atoms with Crippen molar-refractivity contribution in [1.29, 1.82) is 0 Å². The Hall–Kier alpha value is -4.89. The molecule has 3 N–H and O–H groups in total. The van der Waals surface area contributed by atoms with Gasteiger partial charge >= 0.3 is 0 Å². The smallest absolute Gasteiger partial charge is 0.273 e. The highest BCUT2D eigenvalue weighted by molar-refractivity contribution is 6.03. The zero-order valence-electron chi connectivity index (χ0n) is 23.8. The topological polar surface area (TPSA) is 108 Å². The zero-order valence-corrected chi connectivity index (χ0v) is 23.8. The summed E-state index contributed by atoms with van der Waals surface area (Å²) in [4.78, 5) is 22.8. The molecule has 1 aliphatic heterocycles. The Morgan fingerprint density at radius 3 is 2.52 bits per heavy atom. The van der Waals surface area contributed by atoms with E-state index in [1.807, 2.05) is 62.4 Å². The minimum absolute atomic E-state index is 0.0931. The van der Waals surface area contributed by atoms with Crippen molar-refractivity contribution in [3.63, 3.8) is 0 Å². The summed E-state index contributed by atoms with van der Waals surface area (Å²) in [5.41, 5.74) is 7.78. The number of aromatic nitrogens is 3. The second kappa shape index (κ2) is 11.9. The Bertz CT molecular complexity index is 1730. The Kier molecular flexibility index (Phi) is 7.74. The molecular formula is C33H34N6O3. The van der Waals surface area contributed by atoms with E-state index >= 15 is 0 Å². The number of anilines is 2. The number of rotatable bonds is 8. The normalized spacial score (nSPS) is 13.7. The van der Waals surface area contributed by atoms with Gasteiger partial charge in [0.25, 0.3) is 5.91 Å². The van der Waals surface area contributed by atoms with Gasteiger partial charge in [-0.1, -0.05) is 18.2 Å². The molecule has 0 atom stereocenters. The first kappa shape index (κ1) is 27.3. The third-order valence-corrected chi connectivity index (χ3v) is 7.51. The molecule has 3 aromatic carbocycles. The number of benzene rings is 3. The minimum Gasteiger partial charge on any atom is -0.494 e. The average Bonchev–Trinajstić information content (AvgIpc) is 3.55. The van der Waals surface area contributed by atoms with Crippen LogP contribution in [0, 0.1) is 6.92 Å². The number of hydrogen-bond acceptors (Lipinski definition) is 6. The molecule has 1 fully saturated rings. The molecule has 0 aliphatic carbocycles. The standard InChI is InChI=1S/C33H34N6O3/c1-3-39-31(18-22(2)37-39)33(41)35-26-7-4-23(5-8-26)19-24-6-13-30-28(20-24)29(32(40)36-30)21-34-25-9-11-27(12-10-25)38-14-16-42-17-15-38/h4-13,18,20-21,36,40H,3,14-17,19H2,1-2H3,(H,35,41). The first-order valence-corrected chi connectivity index (χ1v) is 14.2. The number of aliphatic imine (C=N–C) groups is 1. The van der Waals surface area contributed by atoms with E-state index in [4.69, 9.17) is 4.74 Å².